The summed E-state index contributed by atoms with van der Waals surface area (Å²) in [5.41, 5.74) is 1.62. The predicted octanol–water partition coefficient (Wildman–Crippen LogP) is 1.60. The number of anilines is 1. The van der Waals surface area contributed by atoms with E-state index in [1.165, 1.54) is 11.0 Å². The summed E-state index contributed by atoms with van der Waals surface area (Å²) < 4.78 is 1.42. The number of hydrogen-bond acceptors (Lipinski definition) is 5. The van der Waals surface area contributed by atoms with E-state index in [0.29, 0.717) is 5.82 Å². The zero-order valence-electron chi connectivity index (χ0n) is 11.9. The zero-order valence-corrected chi connectivity index (χ0v) is 11.9. The molecule has 3 aromatic rings. The summed E-state index contributed by atoms with van der Waals surface area (Å²) in [7, 11) is 0. The quantitative estimate of drug-likeness (QED) is 0.790. The van der Waals surface area contributed by atoms with Gasteiger partial charge in [-0.2, -0.15) is 0 Å². The van der Waals surface area contributed by atoms with Crippen molar-refractivity contribution in [3.8, 4) is 0 Å². The van der Waals surface area contributed by atoms with Crippen LogP contribution in [0.25, 0.3) is 0 Å². The Morgan fingerprint density at radius 2 is 1.95 bits per heavy atom. The van der Waals surface area contributed by atoms with Crippen LogP contribution in [0.15, 0.2) is 54.9 Å². The first-order chi connectivity index (χ1) is 10.7. The van der Waals surface area contributed by atoms with Gasteiger partial charge in [-0.15, -0.1) is 5.10 Å². The highest BCUT2D eigenvalue weighted by molar-refractivity contribution is 5.94. The number of carbonyl (C=O) groups excluding carboxylic acids is 1. The van der Waals surface area contributed by atoms with E-state index in [2.05, 4.69) is 25.8 Å². The average molecular weight is 294 g/mol. The number of pyridine rings is 1. The fourth-order valence-corrected chi connectivity index (χ4v) is 2.15. The van der Waals surface area contributed by atoms with E-state index in [9.17, 15) is 4.79 Å². The van der Waals surface area contributed by atoms with Gasteiger partial charge in [0.1, 0.15) is 12.1 Å². The van der Waals surface area contributed by atoms with Crippen LogP contribution in [0.5, 0.6) is 0 Å². The van der Waals surface area contributed by atoms with Crippen LogP contribution < -0.4 is 5.32 Å². The molecule has 0 fully saturated rings. The van der Waals surface area contributed by atoms with Crippen molar-refractivity contribution in [2.24, 2.45) is 0 Å². The Hall–Kier alpha value is -3.09. The van der Waals surface area contributed by atoms with Crippen LogP contribution in [0, 0.1) is 6.92 Å². The lowest BCUT2D eigenvalue weighted by Gasteiger charge is -2.16. The maximum absolute atomic E-state index is 12.7. The summed E-state index contributed by atoms with van der Waals surface area (Å²) in [6.45, 7) is 1.87. The van der Waals surface area contributed by atoms with Gasteiger partial charge in [-0.3, -0.25) is 4.79 Å². The molecule has 22 heavy (non-hydrogen) atoms. The first-order valence-electron chi connectivity index (χ1n) is 6.76. The Kier molecular flexibility index (Phi) is 3.86. The van der Waals surface area contributed by atoms with Crippen molar-refractivity contribution in [1.82, 2.24) is 25.2 Å². The Morgan fingerprint density at radius 3 is 2.64 bits per heavy atom. The summed E-state index contributed by atoms with van der Waals surface area (Å²) in [5, 5.41) is 13.9. The second kappa shape index (κ2) is 6.13. The summed E-state index contributed by atoms with van der Waals surface area (Å²) in [5.74, 6) is 0.246. The van der Waals surface area contributed by atoms with Crippen molar-refractivity contribution in [2.45, 2.75) is 13.0 Å². The maximum Gasteiger partial charge on any atom is 0.255 e. The number of benzene rings is 1. The lowest BCUT2D eigenvalue weighted by molar-refractivity contribution is -0.118. The third kappa shape index (κ3) is 2.98. The van der Waals surface area contributed by atoms with E-state index >= 15 is 0 Å². The van der Waals surface area contributed by atoms with Crippen LogP contribution in [-0.4, -0.2) is 31.1 Å². The highest BCUT2D eigenvalue weighted by atomic mass is 16.2. The highest BCUT2D eigenvalue weighted by Gasteiger charge is 2.24. The average Bonchev–Trinajstić information content (AvgIpc) is 3.02. The lowest BCUT2D eigenvalue weighted by Crippen LogP contribution is -2.28. The second-order valence-electron chi connectivity index (χ2n) is 4.76. The number of hydrogen-bond donors (Lipinski definition) is 1. The molecule has 0 unspecified atom stereocenters. The van der Waals surface area contributed by atoms with Gasteiger partial charge in [0, 0.05) is 5.69 Å². The van der Waals surface area contributed by atoms with Gasteiger partial charge < -0.3 is 5.32 Å². The topological polar surface area (TPSA) is 85.6 Å². The molecule has 7 heteroatoms. The van der Waals surface area contributed by atoms with Crippen LogP contribution in [0.2, 0.25) is 0 Å². The number of aryl methyl sites for hydroxylation is 1. The molecule has 110 valence electrons. The Bertz CT molecular complexity index is 757. The minimum Gasteiger partial charge on any atom is -0.309 e. The molecule has 1 atom stereocenters. The number of nitrogens with one attached hydrogen (secondary N) is 1. The number of aromatic nitrogens is 5. The molecular formula is C15H14N6O. The minimum absolute atomic E-state index is 0.253. The smallest absolute Gasteiger partial charge is 0.255 e. The van der Waals surface area contributed by atoms with Crippen LogP contribution in [0.3, 0.4) is 0 Å². The van der Waals surface area contributed by atoms with Gasteiger partial charge in [0.05, 0.1) is 0 Å². The van der Waals surface area contributed by atoms with Crippen LogP contribution >= 0.6 is 0 Å². The normalized spacial score (nSPS) is 11.9. The van der Waals surface area contributed by atoms with Gasteiger partial charge >= 0.3 is 0 Å². The first kappa shape index (κ1) is 13.9. The largest absolute Gasteiger partial charge is 0.309 e. The summed E-state index contributed by atoms with van der Waals surface area (Å²) in [6, 6.07) is 14.1. The molecule has 0 saturated carbocycles. The molecule has 0 aliphatic heterocycles. The first-order valence-corrected chi connectivity index (χ1v) is 6.76. The Morgan fingerprint density at radius 1 is 1.14 bits per heavy atom. The standard InChI is InChI=1S/C15H14N6O/c1-11-6-5-9-13(17-11)18-15(22)14(21-10-16-19-20-21)12-7-3-2-4-8-12/h2-10,14H,1H3,(H,17,18,22)/t14-/m1/s1. The molecule has 1 amide bonds. The molecule has 1 N–H and O–H groups in total. The second-order valence-corrected chi connectivity index (χ2v) is 4.76. The minimum atomic E-state index is -0.654. The molecule has 0 aliphatic carbocycles. The molecule has 0 aliphatic rings. The number of tetrazole rings is 1. The van der Waals surface area contributed by atoms with Crippen molar-refractivity contribution < 1.29 is 4.79 Å². The SMILES string of the molecule is Cc1cccc(NC(=O)[C@@H](c2ccccc2)n2cnnn2)n1. The number of nitrogens with zero attached hydrogens (tertiary/aromatic N) is 5. The van der Waals surface area contributed by atoms with E-state index in [4.69, 9.17) is 0 Å². The van der Waals surface area contributed by atoms with Crippen LogP contribution in [-0.2, 0) is 4.79 Å². The van der Waals surface area contributed by atoms with E-state index in [1.54, 1.807) is 6.07 Å². The monoisotopic (exact) mass is 294 g/mol. The van der Waals surface area contributed by atoms with Crippen molar-refractivity contribution in [3.63, 3.8) is 0 Å². The van der Waals surface area contributed by atoms with Crippen molar-refractivity contribution in [1.29, 1.82) is 0 Å². The van der Waals surface area contributed by atoms with E-state index in [1.807, 2.05) is 49.4 Å². The van der Waals surface area contributed by atoms with Crippen molar-refractivity contribution in [3.05, 3.63) is 66.1 Å². The molecule has 2 aromatic heterocycles. The third-order valence-electron chi connectivity index (χ3n) is 3.13. The molecule has 2 heterocycles. The summed E-state index contributed by atoms with van der Waals surface area (Å²) >= 11 is 0. The Labute approximate surface area is 127 Å². The van der Waals surface area contributed by atoms with Gasteiger partial charge in [-0.25, -0.2) is 9.67 Å². The lowest BCUT2D eigenvalue weighted by atomic mass is 10.1. The molecular weight excluding hydrogens is 280 g/mol. The molecule has 3 rings (SSSR count). The fraction of sp³-hybridized carbons (Fsp3) is 0.133. The van der Waals surface area contributed by atoms with Gasteiger partial charge in [0.2, 0.25) is 0 Å². The van der Waals surface area contributed by atoms with Gasteiger partial charge in [-0.05, 0) is 35.0 Å². The maximum atomic E-state index is 12.7. The predicted molar refractivity (Wildman–Crippen MR) is 80.0 cm³/mol. The molecule has 0 saturated heterocycles. The fourth-order valence-electron chi connectivity index (χ4n) is 2.15. The highest BCUT2D eigenvalue weighted by Crippen LogP contribution is 2.18. The number of amides is 1. The molecule has 0 spiro atoms. The molecule has 1 aromatic carbocycles. The van der Waals surface area contributed by atoms with Gasteiger partial charge in [0.15, 0.2) is 6.04 Å². The van der Waals surface area contributed by atoms with Gasteiger partial charge in [0.25, 0.3) is 5.91 Å². The molecule has 0 bridgehead atoms. The number of carbonyl (C=O) groups is 1. The van der Waals surface area contributed by atoms with Crippen LogP contribution in [0.1, 0.15) is 17.3 Å². The van der Waals surface area contributed by atoms with Crippen molar-refractivity contribution in [2.75, 3.05) is 5.32 Å². The Balaban J connectivity index is 1.91. The van der Waals surface area contributed by atoms with Crippen LogP contribution in [0.4, 0.5) is 5.82 Å². The van der Waals surface area contributed by atoms with E-state index in [-0.39, 0.29) is 5.91 Å². The van der Waals surface area contributed by atoms with E-state index in [0.717, 1.165) is 11.3 Å². The molecule has 0 radical (unpaired) electrons. The summed E-state index contributed by atoms with van der Waals surface area (Å²) in [6.07, 6.45) is 1.42. The third-order valence-corrected chi connectivity index (χ3v) is 3.13. The van der Waals surface area contributed by atoms with Gasteiger partial charge in [-0.1, -0.05) is 36.4 Å². The van der Waals surface area contributed by atoms with E-state index < -0.39 is 6.04 Å². The summed E-state index contributed by atoms with van der Waals surface area (Å²) in [4.78, 5) is 16.9. The number of rotatable bonds is 4. The van der Waals surface area contributed by atoms with Crippen molar-refractivity contribution >= 4 is 11.7 Å². The molecule has 7 nitrogen and oxygen atoms in total. The zero-order chi connectivity index (χ0) is 15.4.